The fourth-order valence-electron chi connectivity index (χ4n) is 4.20. The highest BCUT2D eigenvalue weighted by atomic mass is 35.5. The first-order valence-electron chi connectivity index (χ1n) is 9.79. The van der Waals surface area contributed by atoms with Gasteiger partial charge in [0.2, 0.25) is 5.91 Å². The van der Waals surface area contributed by atoms with Crippen LogP contribution in [0, 0.1) is 0 Å². The van der Waals surface area contributed by atoms with E-state index >= 15 is 0 Å². The van der Waals surface area contributed by atoms with E-state index in [0.717, 1.165) is 11.4 Å². The Kier molecular flexibility index (Phi) is 5.17. The fourth-order valence-corrected chi connectivity index (χ4v) is 4.33. The second-order valence-electron chi connectivity index (χ2n) is 7.92. The lowest BCUT2D eigenvalue weighted by Gasteiger charge is -2.48. The summed E-state index contributed by atoms with van der Waals surface area (Å²) in [5, 5.41) is 8.79. The van der Waals surface area contributed by atoms with Gasteiger partial charge in [-0.05, 0) is 50.1 Å². The SMILES string of the molecule is CC(C)N1CC(=O)N(Cc2ccc(Cl)cc2)[C@@]2(CCN(c3cccnn3)C2)C1=O. The third-order valence-electron chi connectivity index (χ3n) is 5.79. The van der Waals surface area contributed by atoms with Gasteiger partial charge in [0, 0.05) is 30.4 Å². The summed E-state index contributed by atoms with van der Waals surface area (Å²) in [5.74, 6) is 0.694. The highest BCUT2D eigenvalue weighted by Gasteiger charge is 2.56. The standard InChI is InChI=1S/C21H24ClN5O2/c1-15(2)26-13-19(28)27(12-16-5-7-17(22)8-6-16)21(20(26)29)9-11-25(14-21)18-4-3-10-23-24-18/h3-8,10,15H,9,11-14H2,1-2H3/t21-/m1/s1. The van der Waals surface area contributed by atoms with Gasteiger partial charge in [-0.25, -0.2) is 0 Å². The number of piperazine rings is 1. The molecule has 2 aliphatic heterocycles. The Labute approximate surface area is 175 Å². The Morgan fingerprint density at radius 3 is 2.59 bits per heavy atom. The number of rotatable bonds is 4. The number of carbonyl (C=O) groups is 2. The molecule has 0 radical (unpaired) electrons. The van der Waals surface area contributed by atoms with Gasteiger partial charge < -0.3 is 14.7 Å². The number of anilines is 1. The summed E-state index contributed by atoms with van der Waals surface area (Å²) >= 11 is 6.01. The van der Waals surface area contributed by atoms with E-state index in [0.29, 0.717) is 31.1 Å². The van der Waals surface area contributed by atoms with Gasteiger partial charge >= 0.3 is 0 Å². The molecule has 152 valence electrons. The molecule has 1 aromatic heterocycles. The average Bonchev–Trinajstić information content (AvgIpc) is 3.16. The summed E-state index contributed by atoms with van der Waals surface area (Å²) in [6.45, 7) is 5.43. The molecule has 3 heterocycles. The van der Waals surface area contributed by atoms with Crippen LogP contribution in [0.4, 0.5) is 5.82 Å². The van der Waals surface area contributed by atoms with Gasteiger partial charge in [-0.15, -0.1) is 5.10 Å². The van der Waals surface area contributed by atoms with E-state index in [1.807, 2.05) is 43.0 Å². The zero-order chi connectivity index (χ0) is 20.6. The third-order valence-corrected chi connectivity index (χ3v) is 6.04. The number of hydrogen-bond acceptors (Lipinski definition) is 5. The van der Waals surface area contributed by atoms with Gasteiger partial charge in [-0.3, -0.25) is 9.59 Å². The molecule has 0 saturated carbocycles. The maximum atomic E-state index is 13.6. The Morgan fingerprint density at radius 2 is 1.93 bits per heavy atom. The van der Waals surface area contributed by atoms with Gasteiger partial charge in [-0.1, -0.05) is 23.7 Å². The molecular formula is C21H24ClN5O2. The van der Waals surface area contributed by atoms with Crippen molar-refractivity contribution < 1.29 is 9.59 Å². The van der Waals surface area contributed by atoms with E-state index in [4.69, 9.17) is 11.6 Å². The normalized spacial score (nSPS) is 22.3. The Balaban J connectivity index is 1.69. The second kappa shape index (κ2) is 7.63. The van der Waals surface area contributed by atoms with E-state index in [9.17, 15) is 9.59 Å². The van der Waals surface area contributed by atoms with E-state index in [2.05, 4.69) is 10.2 Å². The summed E-state index contributed by atoms with van der Waals surface area (Å²) in [4.78, 5) is 32.3. The van der Waals surface area contributed by atoms with E-state index in [1.54, 1.807) is 28.1 Å². The predicted octanol–water partition coefficient (Wildman–Crippen LogP) is 2.36. The molecule has 0 N–H and O–H groups in total. The van der Waals surface area contributed by atoms with Gasteiger partial charge in [-0.2, -0.15) is 5.10 Å². The molecule has 2 aliphatic rings. The van der Waals surface area contributed by atoms with Gasteiger partial charge in [0.25, 0.3) is 5.91 Å². The minimum Gasteiger partial charge on any atom is -0.352 e. The lowest BCUT2D eigenvalue weighted by Crippen LogP contribution is -2.69. The van der Waals surface area contributed by atoms with Crippen LogP contribution in [-0.2, 0) is 16.1 Å². The van der Waals surface area contributed by atoms with Crippen LogP contribution in [0.25, 0.3) is 0 Å². The van der Waals surface area contributed by atoms with E-state index in [1.165, 1.54) is 0 Å². The Morgan fingerprint density at radius 1 is 1.17 bits per heavy atom. The van der Waals surface area contributed by atoms with E-state index in [-0.39, 0.29) is 24.4 Å². The van der Waals surface area contributed by atoms with Crippen molar-refractivity contribution in [2.75, 3.05) is 24.5 Å². The molecule has 0 unspecified atom stereocenters. The highest BCUT2D eigenvalue weighted by molar-refractivity contribution is 6.30. The van der Waals surface area contributed by atoms with Crippen molar-refractivity contribution in [1.82, 2.24) is 20.0 Å². The molecule has 1 atom stereocenters. The number of carbonyl (C=O) groups excluding carboxylic acids is 2. The van der Waals surface area contributed by atoms with Gasteiger partial charge in [0.1, 0.15) is 12.1 Å². The van der Waals surface area contributed by atoms with Crippen LogP contribution in [-0.4, -0.2) is 63.0 Å². The summed E-state index contributed by atoms with van der Waals surface area (Å²) < 4.78 is 0. The van der Waals surface area contributed by atoms with Crippen molar-refractivity contribution in [3.63, 3.8) is 0 Å². The van der Waals surface area contributed by atoms with Crippen molar-refractivity contribution in [3.8, 4) is 0 Å². The highest BCUT2D eigenvalue weighted by Crippen LogP contribution is 2.37. The average molecular weight is 414 g/mol. The van der Waals surface area contributed by atoms with Crippen LogP contribution in [0.2, 0.25) is 5.02 Å². The molecule has 2 amide bonds. The molecule has 1 spiro atoms. The van der Waals surface area contributed by atoms with Crippen molar-refractivity contribution in [1.29, 1.82) is 0 Å². The zero-order valence-corrected chi connectivity index (χ0v) is 17.3. The molecule has 29 heavy (non-hydrogen) atoms. The first-order valence-corrected chi connectivity index (χ1v) is 10.2. The number of aromatic nitrogens is 2. The van der Waals surface area contributed by atoms with Gasteiger partial charge in [0.15, 0.2) is 5.82 Å². The number of amides is 2. The molecule has 4 rings (SSSR count). The number of halogens is 1. The molecule has 7 nitrogen and oxygen atoms in total. The molecule has 0 bridgehead atoms. The monoisotopic (exact) mass is 413 g/mol. The molecule has 0 aliphatic carbocycles. The topological polar surface area (TPSA) is 69.6 Å². The minimum absolute atomic E-state index is 0.00690. The van der Waals surface area contributed by atoms with Crippen molar-refractivity contribution in [3.05, 3.63) is 53.2 Å². The predicted molar refractivity (Wildman–Crippen MR) is 110 cm³/mol. The quantitative estimate of drug-likeness (QED) is 0.769. The van der Waals surface area contributed by atoms with Crippen LogP contribution in [0.3, 0.4) is 0 Å². The maximum Gasteiger partial charge on any atom is 0.251 e. The van der Waals surface area contributed by atoms with E-state index < -0.39 is 5.54 Å². The van der Waals surface area contributed by atoms with Crippen molar-refractivity contribution in [2.45, 2.75) is 38.4 Å². The zero-order valence-electron chi connectivity index (χ0n) is 16.6. The minimum atomic E-state index is -0.906. The largest absolute Gasteiger partial charge is 0.352 e. The molecule has 2 saturated heterocycles. The summed E-state index contributed by atoms with van der Waals surface area (Å²) in [5.41, 5.74) is 0.0439. The number of nitrogens with zero attached hydrogens (tertiary/aromatic N) is 5. The summed E-state index contributed by atoms with van der Waals surface area (Å²) in [6, 6.07) is 11.1. The third kappa shape index (κ3) is 3.55. The molecule has 2 fully saturated rings. The maximum absolute atomic E-state index is 13.6. The van der Waals surface area contributed by atoms with Gasteiger partial charge in [0.05, 0.1) is 6.54 Å². The number of benzene rings is 1. The van der Waals surface area contributed by atoms with Crippen LogP contribution in [0.1, 0.15) is 25.8 Å². The Hall–Kier alpha value is -2.67. The smallest absolute Gasteiger partial charge is 0.251 e. The lowest BCUT2D eigenvalue weighted by atomic mass is 9.89. The van der Waals surface area contributed by atoms with Crippen LogP contribution >= 0.6 is 11.6 Å². The first kappa shape index (κ1) is 19.6. The van der Waals surface area contributed by atoms with Crippen molar-refractivity contribution >= 4 is 29.2 Å². The lowest BCUT2D eigenvalue weighted by molar-refractivity contribution is -0.166. The van der Waals surface area contributed by atoms with Crippen LogP contribution in [0.5, 0.6) is 0 Å². The summed E-state index contributed by atoms with van der Waals surface area (Å²) in [7, 11) is 0. The Bertz CT molecular complexity index is 905. The van der Waals surface area contributed by atoms with Crippen LogP contribution in [0.15, 0.2) is 42.6 Å². The molecule has 1 aromatic carbocycles. The molecule has 2 aromatic rings. The first-order chi connectivity index (χ1) is 13.9. The molecular weight excluding hydrogens is 390 g/mol. The second-order valence-corrected chi connectivity index (χ2v) is 8.35. The number of hydrogen-bond donors (Lipinski definition) is 0. The van der Waals surface area contributed by atoms with Crippen molar-refractivity contribution in [2.24, 2.45) is 0 Å². The fraction of sp³-hybridized carbons (Fsp3) is 0.429. The molecule has 8 heteroatoms. The van der Waals surface area contributed by atoms with Crippen LogP contribution < -0.4 is 4.90 Å². The summed E-state index contributed by atoms with van der Waals surface area (Å²) in [6.07, 6.45) is 2.18.